The summed E-state index contributed by atoms with van der Waals surface area (Å²) in [5, 5.41) is 0. The number of rotatable bonds is 8. The maximum atomic E-state index is 12.1. The second-order valence-corrected chi connectivity index (χ2v) is 4.12. The number of hydrogen-bond donors (Lipinski definition) is 0. The van der Waals surface area contributed by atoms with Gasteiger partial charge in [-0.05, 0) is 13.3 Å². The molecule has 0 aromatic heterocycles. The number of ether oxygens (including phenoxy) is 2. The highest BCUT2D eigenvalue weighted by molar-refractivity contribution is 5.77. The highest BCUT2D eigenvalue weighted by Gasteiger charge is 2.39. The van der Waals surface area contributed by atoms with Gasteiger partial charge in [-0.15, -0.1) is 0 Å². The predicted molar refractivity (Wildman–Crippen MR) is 65.9 cm³/mol. The Labute approximate surface area is 115 Å². The minimum absolute atomic E-state index is 0.0901. The number of hydrogen-bond acceptors (Lipinski definition) is 4. The third-order valence-electron chi connectivity index (χ3n) is 2.26. The van der Waals surface area contributed by atoms with Crippen LogP contribution in [0, 0.1) is 0 Å². The van der Waals surface area contributed by atoms with Crippen LogP contribution in [0.3, 0.4) is 0 Å². The Balaban J connectivity index is 3.81. The molecule has 0 aromatic carbocycles. The van der Waals surface area contributed by atoms with Gasteiger partial charge in [0.05, 0.1) is 12.8 Å². The Morgan fingerprint density at radius 3 is 2.30 bits per heavy atom. The molecule has 20 heavy (non-hydrogen) atoms. The van der Waals surface area contributed by atoms with Gasteiger partial charge >= 0.3 is 18.1 Å². The lowest BCUT2D eigenvalue weighted by molar-refractivity contribution is -0.216. The van der Waals surface area contributed by atoms with E-state index in [1.165, 1.54) is 0 Å². The average molecular weight is 296 g/mol. The fraction of sp³-hybridized carbons (Fsp3) is 0.692. The number of halogens is 3. The SMILES string of the molecule is CCC/C=C\COC(=O)CCC(=O)OC(C)C(F)(F)F. The van der Waals surface area contributed by atoms with E-state index >= 15 is 0 Å². The molecule has 7 heteroatoms. The first-order valence-corrected chi connectivity index (χ1v) is 6.34. The van der Waals surface area contributed by atoms with Crippen molar-refractivity contribution >= 4 is 11.9 Å². The largest absolute Gasteiger partial charge is 0.461 e. The van der Waals surface area contributed by atoms with Gasteiger partial charge in [0.2, 0.25) is 0 Å². The molecule has 116 valence electrons. The second-order valence-electron chi connectivity index (χ2n) is 4.12. The summed E-state index contributed by atoms with van der Waals surface area (Å²) < 4.78 is 45.2. The number of allylic oxidation sites excluding steroid dienone is 1. The molecule has 0 rings (SSSR count). The van der Waals surface area contributed by atoms with E-state index in [9.17, 15) is 22.8 Å². The molecule has 0 N–H and O–H groups in total. The molecule has 0 bridgehead atoms. The summed E-state index contributed by atoms with van der Waals surface area (Å²) in [5.41, 5.74) is 0. The molecule has 0 aliphatic carbocycles. The first kappa shape index (κ1) is 18.5. The van der Waals surface area contributed by atoms with Gasteiger partial charge in [-0.2, -0.15) is 13.2 Å². The molecular weight excluding hydrogens is 277 g/mol. The van der Waals surface area contributed by atoms with Crippen molar-refractivity contribution in [2.45, 2.75) is 51.8 Å². The van der Waals surface area contributed by atoms with E-state index in [1.807, 2.05) is 13.0 Å². The molecule has 0 heterocycles. The smallest absolute Gasteiger partial charge is 0.425 e. The van der Waals surface area contributed by atoms with Gasteiger partial charge in [-0.3, -0.25) is 9.59 Å². The molecule has 0 saturated carbocycles. The summed E-state index contributed by atoms with van der Waals surface area (Å²) in [5.74, 6) is -1.73. The fourth-order valence-electron chi connectivity index (χ4n) is 1.09. The molecule has 0 radical (unpaired) electrons. The molecule has 0 fully saturated rings. The molecule has 0 spiro atoms. The van der Waals surface area contributed by atoms with Crippen LogP contribution >= 0.6 is 0 Å². The van der Waals surface area contributed by atoms with Crippen LogP contribution in [0.5, 0.6) is 0 Å². The van der Waals surface area contributed by atoms with Gasteiger partial charge in [0.25, 0.3) is 0 Å². The quantitative estimate of drug-likeness (QED) is 0.510. The number of alkyl halides is 3. The van der Waals surface area contributed by atoms with Crippen LogP contribution in [0.15, 0.2) is 12.2 Å². The zero-order valence-corrected chi connectivity index (χ0v) is 11.5. The van der Waals surface area contributed by atoms with E-state index in [0.29, 0.717) is 0 Å². The monoisotopic (exact) mass is 296 g/mol. The van der Waals surface area contributed by atoms with E-state index in [-0.39, 0.29) is 13.0 Å². The number of esters is 2. The standard InChI is InChI=1S/C13H19F3O4/c1-3-4-5-6-9-19-11(17)7-8-12(18)20-10(2)13(14,15)16/h5-6,10H,3-4,7-9H2,1-2H3/b6-5-. The topological polar surface area (TPSA) is 52.6 Å². The third-order valence-corrected chi connectivity index (χ3v) is 2.26. The Morgan fingerprint density at radius 1 is 1.15 bits per heavy atom. The molecule has 1 unspecified atom stereocenters. The van der Waals surface area contributed by atoms with Crippen LogP contribution in [-0.4, -0.2) is 30.8 Å². The second kappa shape index (κ2) is 9.39. The third kappa shape index (κ3) is 9.41. The van der Waals surface area contributed by atoms with Crippen LogP contribution in [-0.2, 0) is 19.1 Å². The zero-order chi connectivity index (χ0) is 15.6. The number of unbranched alkanes of at least 4 members (excludes halogenated alkanes) is 1. The minimum Gasteiger partial charge on any atom is -0.461 e. The lowest BCUT2D eigenvalue weighted by Crippen LogP contribution is -2.31. The zero-order valence-electron chi connectivity index (χ0n) is 11.5. The molecule has 0 saturated heterocycles. The summed E-state index contributed by atoms with van der Waals surface area (Å²) in [6.45, 7) is 2.82. The maximum absolute atomic E-state index is 12.1. The van der Waals surface area contributed by atoms with Crippen LogP contribution in [0.1, 0.15) is 39.5 Å². The summed E-state index contributed by atoms with van der Waals surface area (Å²) in [6.07, 6.45) is -2.13. The normalized spacial score (nSPS) is 13.2. The molecule has 0 aromatic rings. The molecular formula is C13H19F3O4. The van der Waals surface area contributed by atoms with Gasteiger partial charge in [-0.1, -0.05) is 25.5 Å². The Morgan fingerprint density at radius 2 is 1.75 bits per heavy atom. The van der Waals surface area contributed by atoms with E-state index in [0.717, 1.165) is 19.8 Å². The average Bonchev–Trinajstić information content (AvgIpc) is 2.35. The Kier molecular flexibility index (Phi) is 8.67. The first-order valence-electron chi connectivity index (χ1n) is 6.34. The van der Waals surface area contributed by atoms with Crippen molar-refractivity contribution in [2.75, 3.05) is 6.61 Å². The fourth-order valence-corrected chi connectivity index (χ4v) is 1.09. The molecule has 0 aliphatic heterocycles. The first-order chi connectivity index (χ1) is 9.27. The van der Waals surface area contributed by atoms with Crippen LogP contribution < -0.4 is 0 Å². The van der Waals surface area contributed by atoms with Crippen molar-refractivity contribution in [1.82, 2.24) is 0 Å². The number of carbonyl (C=O) groups excluding carboxylic acids is 2. The van der Waals surface area contributed by atoms with Crippen molar-refractivity contribution in [2.24, 2.45) is 0 Å². The van der Waals surface area contributed by atoms with Gasteiger partial charge in [0.1, 0.15) is 6.61 Å². The summed E-state index contributed by atoms with van der Waals surface area (Å²) in [7, 11) is 0. The summed E-state index contributed by atoms with van der Waals surface area (Å²) >= 11 is 0. The molecule has 4 nitrogen and oxygen atoms in total. The minimum atomic E-state index is -4.60. The van der Waals surface area contributed by atoms with Crippen molar-refractivity contribution in [1.29, 1.82) is 0 Å². The van der Waals surface area contributed by atoms with Crippen molar-refractivity contribution in [3.63, 3.8) is 0 Å². The van der Waals surface area contributed by atoms with Gasteiger partial charge in [0, 0.05) is 0 Å². The highest BCUT2D eigenvalue weighted by Crippen LogP contribution is 2.22. The van der Waals surface area contributed by atoms with Gasteiger partial charge in [0.15, 0.2) is 6.10 Å². The van der Waals surface area contributed by atoms with Gasteiger partial charge < -0.3 is 9.47 Å². The Bertz CT molecular complexity index is 337. The summed E-state index contributed by atoms with van der Waals surface area (Å²) in [4.78, 5) is 22.3. The Hall–Kier alpha value is -1.53. The highest BCUT2D eigenvalue weighted by atomic mass is 19.4. The number of carbonyl (C=O) groups is 2. The molecule has 0 aliphatic rings. The van der Waals surface area contributed by atoms with E-state index in [4.69, 9.17) is 4.74 Å². The van der Waals surface area contributed by atoms with Crippen LogP contribution in [0.2, 0.25) is 0 Å². The lowest BCUT2D eigenvalue weighted by atomic mass is 10.3. The molecule has 0 amide bonds. The molecule has 1 atom stereocenters. The van der Waals surface area contributed by atoms with Crippen LogP contribution in [0.4, 0.5) is 13.2 Å². The lowest BCUT2D eigenvalue weighted by Gasteiger charge is -2.15. The van der Waals surface area contributed by atoms with Crippen LogP contribution in [0.25, 0.3) is 0 Å². The predicted octanol–water partition coefficient (Wildman–Crippen LogP) is 3.16. The van der Waals surface area contributed by atoms with E-state index in [2.05, 4.69) is 4.74 Å². The van der Waals surface area contributed by atoms with Crippen molar-refractivity contribution in [3.8, 4) is 0 Å². The van der Waals surface area contributed by atoms with Gasteiger partial charge in [-0.25, -0.2) is 0 Å². The maximum Gasteiger partial charge on any atom is 0.425 e. The van der Waals surface area contributed by atoms with Crippen molar-refractivity contribution < 1.29 is 32.2 Å². The van der Waals surface area contributed by atoms with E-state index < -0.39 is 30.6 Å². The van der Waals surface area contributed by atoms with Crippen molar-refractivity contribution in [3.05, 3.63) is 12.2 Å². The summed E-state index contributed by atoms with van der Waals surface area (Å²) in [6, 6.07) is 0. The van der Waals surface area contributed by atoms with E-state index in [1.54, 1.807) is 6.08 Å².